The summed E-state index contributed by atoms with van der Waals surface area (Å²) in [6.45, 7) is 9.17. The minimum absolute atomic E-state index is 0.686. The molecule has 0 N–H and O–H groups in total. The third-order valence-corrected chi connectivity index (χ3v) is 5.11. The third-order valence-electron chi connectivity index (χ3n) is 5.11. The van der Waals surface area contributed by atoms with Crippen molar-refractivity contribution in [1.29, 1.82) is 0 Å². The Morgan fingerprint density at radius 2 is 1.57 bits per heavy atom. The molecule has 2 atom stereocenters. The van der Waals surface area contributed by atoms with E-state index in [0.717, 1.165) is 0 Å². The van der Waals surface area contributed by atoms with Gasteiger partial charge in [0.25, 0.3) is 0 Å². The second-order valence-corrected chi connectivity index (χ2v) is 6.88. The third kappa shape index (κ3) is 2.50. The number of hydrogen-bond donors (Lipinski definition) is 0. The summed E-state index contributed by atoms with van der Waals surface area (Å²) in [4.78, 5) is 0. The number of pyridine rings is 1. The van der Waals surface area contributed by atoms with Crippen molar-refractivity contribution >= 4 is 0 Å². The zero-order chi connectivity index (χ0) is 15.1. The molecule has 0 amide bonds. The van der Waals surface area contributed by atoms with Crippen LogP contribution >= 0.6 is 0 Å². The van der Waals surface area contributed by atoms with Gasteiger partial charge < -0.3 is 0 Å². The van der Waals surface area contributed by atoms with E-state index in [-0.39, 0.29) is 0 Å². The van der Waals surface area contributed by atoms with E-state index in [4.69, 9.17) is 0 Å². The highest BCUT2D eigenvalue weighted by molar-refractivity contribution is 5.64. The van der Waals surface area contributed by atoms with Crippen LogP contribution in [0.25, 0.3) is 11.3 Å². The monoisotopic (exact) mass is 280 g/mol. The van der Waals surface area contributed by atoms with Crippen LogP contribution in [0.2, 0.25) is 0 Å². The van der Waals surface area contributed by atoms with Gasteiger partial charge in [0.2, 0.25) is 5.69 Å². The SMILES string of the molecule is Cc1cc[n+](C)c(-c2cc3c(cc2C)C(C)CCC3C)c1. The van der Waals surface area contributed by atoms with E-state index in [1.165, 1.54) is 35.2 Å². The van der Waals surface area contributed by atoms with Gasteiger partial charge in [0, 0.05) is 17.7 Å². The fourth-order valence-corrected chi connectivity index (χ4v) is 3.63. The summed E-state index contributed by atoms with van der Waals surface area (Å²) in [7, 11) is 2.14. The minimum Gasteiger partial charge on any atom is -0.201 e. The van der Waals surface area contributed by atoms with Crippen molar-refractivity contribution in [3.63, 3.8) is 0 Å². The maximum absolute atomic E-state index is 2.46. The lowest BCUT2D eigenvalue weighted by Crippen LogP contribution is -2.30. The Morgan fingerprint density at radius 1 is 0.952 bits per heavy atom. The molecule has 2 unspecified atom stereocenters. The van der Waals surface area contributed by atoms with Gasteiger partial charge in [-0.1, -0.05) is 19.9 Å². The fourth-order valence-electron chi connectivity index (χ4n) is 3.63. The van der Waals surface area contributed by atoms with Crippen LogP contribution in [-0.4, -0.2) is 0 Å². The molecule has 1 aliphatic rings. The largest absolute Gasteiger partial charge is 0.212 e. The van der Waals surface area contributed by atoms with Crippen molar-refractivity contribution in [1.82, 2.24) is 0 Å². The molecule has 1 heterocycles. The molecule has 0 saturated heterocycles. The summed E-state index contributed by atoms with van der Waals surface area (Å²) in [6, 6.07) is 9.36. The van der Waals surface area contributed by atoms with Crippen molar-refractivity contribution in [2.45, 2.75) is 52.4 Å². The molecule has 21 heavy (non-hydrogen) atoms. The Balaban J connectivity index is 2.20. The van der Waals surface area contributed by atoms with Gasteiger partial charge in [0.15, 0.2) is 6.20 Å². The average molecular weight is 280 g/mol. The number of hydrogen-bond acceptors (Lipinski definition) is 0. The minimum atomic E-state index is 0.686. The van der Waals surface area contributed by atoms with E-state index < -0.39 is 0 Å². The number of rotatable bonds is 1. The average Bonchev–Trinajstić information content (AvgIpc) is 2.45. The molecule has 3 rings (SSSR count). The van der Waals surface area contributed by atoms with Crippen LogP contribution in [0.4, 0.5) is 0 Å². The molecule has 1 nitrogen and oxygen atoms in total. The van der Waals surface area contributed by atoms with Crippen LogP contribution in [0.1, 0.15) is 60.8 Å². The lowest BCUT2D eigenvalue weighted by atomic mass is 9.76. The first kappa shape index (κ1) is 14.3. The van der Waals surface area contributed by atoms with E-state index in [1.54, 1.807) is 11.1 Å². The van der Waals surface area contributed by atoms with Gasteiger partial charge in [-0.05, 0) is 66.8 Å². The van der Waals surface area contributed by atoms with Crippen molar-refractivity contribution in [3.8, 4) is 11.3 Å². The second kappa shape index (κ2) is 5.29. The van der Waals surface area contributed by atoms with E-state index in [9.17, 15) is 0 Å². The zero-order valence-electron chi connectivity index (χ0n) is 13.9. The maximum Gasteiger partial charge on any atom is 0.212 e. The van der Waals surface area contributed by atoms with Gasteiger partial charge in [-0.2, -0.15) is 0 Å². The Morgan fingerprint density at radius 3 is 2.24 bits per heavy atom. The van der Waals surface area contributed by atoms with Gasteiger partial charge in [-0.15, -0.1) is 0 Å². The lowest BCUT2D eigenvalue weighted by molar-refractivity contribution is -0.660. The Labute approximate surface area is 128 Å². The molecule has 0 aliphatic heterocycles. The van der Waals surface area contributed by atoms with Crippen molar-refractivity contribution in [3.05, 3.63) is 52.7 Å². The zero-order valence-corrected chi connectivity index (χ0v) is 13.9. The Bertz CT molecular complexity index is 684. The summed E-state index contributed by atoms with van der Waals surface area (Å²) in [5.41, 5.74) is 8.57. The molecule has 1 aliphatic carbocycles. The maximum atomic E-state index is 2.46. The number of benzene rings is 1. The molecular formula is C20H26N+. The van der Waals surface area contributed by atoms with Crippen LogP contribution in [0, 0.1) is 13.8 Å². The summed E-state index contributed by atoms with van der Waals surface area (Å²) >= 11 is 0. The molecule has 0 spiro atoms. The highest BCUT2D eigenvalue weighted by Crippen LogP contribution is 2.41. The Kier molecular flexibility index (Phi) is 3.61. The Hall–Kier alpha value is -1.63. The number of fused-ring (bicyclic) bond motifs is 1. The second-order valence-electron chi connectivity index (χ2n) is 6.88. The molecule has 0 bridgehead atoms. The highest BCUT2D eigenvalue weighted by atomic mass is 14.9. The predicted octanol–water partition coefficient (Wildman–Crippen LogP) is 4.80. The molecule has 0 radical (unpaired) electrons. The predicted molar refractivity (Wildman–Crippen MR) is 88.6 cm³/mol. The molecule has 1 aromatic heterocycles. The first-order valence-corrected chi connectivity index (χ1v) is 8.08. The van der Waals surface area contributed by atoms with Crippen LogP contribution in [0.3, 0.4) is 0 Å². The van der Waals surface area contributed by atoms with Crippen LogP contribution in [0.5, 0.6) is 0 Å². The van der Waals surface area contributed by atoms with Crippen LogP contribution < -0.4 is 4.57 Å². The van der Waals surface area contributed by atoms with Gasteiger partial charge >= 0.3 is 0 Å². The fraction of sp³-hybridized carbons (Fsp3) is 0.450. The lowest BCUT2D eigenvalue weighted by Gasteiger charge is -2.28. The molecule has 1 aromatic carbocycles. The highest BCUT2D eigenvalue weighted by Gasteiger charge is 2.24. The van der Waals surface area contributed by atoms with Crippen LogP contribution in [-0.2, 0) is 7.05 Å². The summed E-state index contributed by atoms with van der Waals surface area (Å²) in [6.07, 6.45) is 4.80. The first-order valence-electron chi connectivity index (χ1n) is 8.08. The number of aromatic nitrogens is 1. The summed E-state index contributed by atoms with van der Waals surface area (Å²) < 4.78 is 2.23. The summed E-state index contributed by atoms with van der Waals surface area (Å²) in [5.74, 6) is 1.39. The van der Waals surface area contributed by atoms with Crippen LogP contribution in [0.15, 0.2) is 30.5 Å². The van der Waals surface area contributed by atoms with Crippen molar-refractivity contribution in [2.24, 2.45) is 7.05 Å². The van der Waals surface area contributed by atoms with E-state index >= 15 is 0 Å². The molecule has 0 saturated carbocycles. The van der Waals surface area contributed by atoms with E-state index in [2.05, 4.69) is 69.8 Å². The van der Waals surface area contributed by atoms with Gasteiger partial charge in [0.05, 0.1) is 0 Å². The van der Waals surface area contributed by atoms with E-state index in [1.807, 2.05) is 0 Å². The van der Waals surface area contributed by atoms with Crippen molar-refractivity contribution in [2.75, 3.05) is 0 Å². The molecule has 2 aromatic rings. The van der Waals surface area contributed by atoms with Gasteiger partial charge in [-0.3, -0.25) is 0 Å². The van der Waals surface area contributed by atoms with Gasteiger partial charge in [-0.25, -0.2) is 4.57 Å². The first-order chi connectivity index (χ1) is 9.97. The van der Waals surface area contributed by atoms with Gasteiger partial charge in [0.1, 0.15) is 7.05 Å². The molecule has 110 valence electrons. The molecule has 1 heteroatoms. The standard InChI is InChI=1S/C20H26N/c1-13-8-9-21(5)20(10-13)19-12-18-15(3)7-6-14(2)17(18)11-16(19)4/h8-12,14-15H,6-7H2,1-5H3/q+1. The molecular weight excluding hydrogens is 254 g/mol. The quantitative estimate of drug-likeness (QED) is 0.661. The number of aryl methyl sites for hydroxylation is 3. The smallest absolute Gasteiger partial charge is 0.201 e. The summed E-state index contributed by atoms with van der Waals surface area (Å²) in [5, 5.41) is 0. The molecule has 0 fully saturated rings. The van der Waals surface area contributed by atoms with Crippen molar-refractivity contribution < 1.29 is 4.57 Å². The number of nitrogens with zero attached hydrogens (tertiary/aromatic N) is 1. The topological polar surface area (TPSA) is 3.88 Å². The van der Waals surface area contributed by atoms with E-state index in [0.29, 0.717) is 11.8 Å². The normalized spacial score (nSPS) is 21.2.